The third-order valence-corrected chi connectivity index (χ3v) is 6.21. The lowest BCUT2D eigenvalue weighted by Crippen LogP contribution is -2.51. The summed E-state index contributed by atoms with van der Waals surface area (Å²) in [5.74, 6) is 0.126. The monoisotopic (exact) mass is 423 g/mol. The number of nitrogens with one attached hydrogen (secondary N) is 1. The Labute approximate surface area is 187 Å². The van der Waals surface area contributed by atoms with Crippen molar-refractivity contribution >= 4 is 22.6 Å². The van der Waals surface area contributed by atoms with Crippen LogP contribution < -0.4 is 0 Å². The van der Waals surface area contributed by atoms with Crippen LogP contribution in [0.1, 0.15) is 32.3 Å². The van der Waals surface area contributed by atoms with Crippen molar-refractivity contribution in [2.75, 3.05) is 26.2 Å². The van der Waals surface area contributed by atoms with Gasteiger partial charge in [0, 0.05) is 54.4 Å². The van der Waals surface area contributed by atoms with E-state index in [4.69, 9.17) is 0 Å². The zero-order chi connectivity index (χ0) is 21.9. The van der Waals surface area contributed by atoms with E-state index in [1.54, 1.807) is 0 Å². The number of amides is 1. The molecule has 1 saturated heterocycles. The molecule has 1 atom stereocenters. The number of rotatable bonds is 5. The van der Waals surface area contributed by atoms with Gasteiger partial charge in [-0.3, -0.25) is 14.5 Å². The standard InChI is InChI=1S/C27H25N3O2/c31-26(23-19-28-24-14-8-7-13-22(23)24)25(20-9-3-1-4-10-20)29-15-17-30(18-16-29)27(32)21-11-5-2-6-12-21/h1-14,19,25,28H,15-18H2/t25-/m1/s1. The van der Waals surface area contributed by atoms with Crippen molar-refractivity contribution in [2.45, 2.75) is 6.04 Å². The van der Waals surface area contributed by atoms with Crippen molar-refractivity contribution in [3.63, 3.8) is 0 Å². The number of fused-ring (bicyclic) bond motifs is 1. The molecule has 5 rings (SSSR count). The zero-order valence-electron chi connectivity index (χ0n) is 17.8. The van der Waals surface area contributed by atoms with Gasteiger partial charge < -0.3 is 9.88 Å². The molecule has 32 heavy (non-hydrogen) atoms. The molecule has 4 aromatic rings. The van der Waals surface area contributed by atoms with Crippen LogP contribution in [0.3, 0.4) is 0 Å². The molecular weight excluding hydrogens is 398 g/mol. The molecule has 1 fully saturated rings. The Balaban J connectivity index is 1.40. The minimum atomic E-state index is -0.385. The summed E-state index contributed by atoms with van der Waals surface area (Å²) in [6.45, 7) is 2.48. The average molecular weight is 424 g/mol. The maximum atomic E-state index is 13.8. The Morgan fingerprint density at radius 1 is 0.750 bits per heavy atom. The maximum Gasteiger partial charge on any atom is 0.253 e. The molecule has 0 spiro atoms. The number of ketones is 1. The van der Waals surface area contributed by atoms with Gasteiger partial charge in [-0.25, -0.2) is 0 Å². The molecule has 160 valence electrons. The van der Waals surface area contributed by atoms with E-state index < -0.39 is 0 Å². The number of nitrogens with zero attached hydrogens (tertiary/aromatic N) is 2. The average Bonchev–Trinajstić information content (AvgIpc) is 3.30. The topological polar surface area (TPSA) is 56.4 Å². The van der Waals surface area contributed by atoms with Crippen LogP contribution in [0.15, 0.2) is 91.1 Å². The number of aromatic amines is 1. The fourth-order valence-corrected chi connectivity index (χ4v) is 4.53. The van der Waals surface area contributed by atoms with E-state index in [2.05, 4.69) is 9.88 Å². The number of aromatic nitrogens is 1. The molecular formula is C27H25N3O2. The fourth-order valence-electron chi connectivity index (χ4n) is 4.53. The highest BCUT2D eigenvalue weighted by molar-refractivity contribution is 6.10. The summed E-state index contributed by atoms with van der Waals surface area (Å²) in [6, 6.07) is 26.8. The highest BCUT2D eigenvalue weighted by Crippen LogP contribution is 2.30. The Bertz CT molecular complexity index is 1230. The molecule has 0 saturated carbocycles. The first-order valence-corrected chi connectivity index (χ1v) is 11.0. The van der Waals surface area contributed by atoms with Crippen molar-refractivity contribution in [2.24, 2.45) is 0 Å². The van der Waals surface area contributed by atoms with Gasteiger partial charge in [-0.05, 0) is 23.8 Å². The summed E-state index contributed by atoms with van der Waals surface area (Å²) < 4.78 is 0. The van der Waals surface area contributed by atoms with Gasteiger partial charge in [-0.2, -0.15) is 0 Å². The molecule has 0 unspecified atom stereocenters. The Kier molecular flexibility index (Phi) is 5.57. The first-order chi connectivity index (χ1) is 15.7. The number of hydrogen-bond acceptors (Lipinski definition) is 3. The van der Waals surface area contributed by atoms with Crippen LogP contribution in [-0.2, 0) is 0 Å². The first-order valence-electron chi connectivity index (χ1n) is 11.0. The summed E-state index contributed by atoms with van der Waals surface area (Å²) in [5, 5.41) is 0.941. The number of para-hydroxylation sites is 1. The van der Waals surface area contributed by atoms with E-state index in [0.29, 0.717) is 37.3 Å². The van der Waals surface area contributed by atoms with Gasteiger partial charge in [0.1, 0.15) is 0 Å². The molecule has 1 aliphatic heterocycles. The molecule has 1 amide bonds. The lowest BCUT2D eigenvalue weighted by Gasteiger charge is -2.39. The minimum absolute atomic E-state index is 0.0458. The smallest absolute Gasteiger partial charge is 0.253 e. The Morgan fingerprint density at radius 2 is 1.38 bits per heavy atom. The van der Waals surface area contributed by atoms with Crippen LogP contribution in [0, 0.1) is 0 Å². The molecule has 5 heteroatoms. The molecule has 0 radical (unpaired) electrons. The van der Waals surface area contributed by atoms with E-state index in [1.807, 2.05) is 96.0 Å². The van der Waals surface area contributed by atoms with Gasteiger partial charge in [0.15, 0.2) is 5.78 Å². The molecule has 3 aromatic carbocycles. The third kappa shape index (κ3) is 3.83. The lowest BCUT2D eigenvalue weighted by molar-refractivity contribution is 0.0532. The second-order valence-electron chi connectivity index (χ2n) is 8.12. The van der Waals surface area contributed by atoms with E-state index in [1.165, 1.54) is 0 Å². The van der Waals surface area contributed by atoms with Crippen molar-refractivity contribution in [3.8, 4) is 0 Å². The highest BCUT2D eigenvalue weighted by Gasteiger charge is 2.33. The van der Waals surface area contributed by atoms with E-state index in [9.17, 15) is 9.59 Å². The van der Waals surface area contributed by atoms with Crippen LogP contribution in [-0.4, -0.2) is 52.7 Å². The summed E-state index contributed by atoms with van der Waals surface area (Å²) >= 11 is 0. The quantitative estimate of drug-likeness (QED) is 0.479. The highest BCUT2D eigenvalue weighted by atomic mass is 16.2. The molecule has 1 N–H and O–H groups in total. The van der Waals surface area contributed by atoms with Crippen LogP contribution >= 0.6 is 0 Å². The second-order valence-corrected chi connectivity index (χ2v) is 8.12. The van der Waals surface area contributed by atoms with E-state index in [-0.39, 0.29) is 17.7 Å². The van der Waals surface area contributed by atoms with Crippen LogP contribution in [0.5, 0.6) is 0 Å². The molecule has 0 aliphatic carbocycles. The molecule has 2 heterocycles. The first kappa shape index (κ1) is 20.2. The fraction of sp³-hybridized carbons (Fsp3) is 0.185. The molecule has 0 bridgehead atoms. The van der Waals surface area contributed by atoms with Crippen molar-refractivity contribution in [1.82, 2.24) is 14.8 Å². The SMILES string of the molecule is O=C(c1c[nH]c2ccccc12)[C@@H](c1ccccc1)N1CCN(C(=O)c2ccccc2)CC1. The number of hydrogen-bond donors (Lipinski definition) is 1. The zero-order valence-corrected chi connectivity index (χ0v) is 17.8. The number of carbonyl (C=O) groups excluding carboxylic acids is 2. The maximum absolute atomic E-state index is 13.8. The lowest BCUT2D eigenvalue weighted by atomic mass is 9.95. The van der Waals surface area contributed by atoms with Crippen molar-refractivity contribution in [3.05, 3.63) is 108 Å². The van der Waals surface area contributed by atoms with Gasteiger partial charge >= 0.3 is 0 Å². The number of benzene rings is 3. The summed E-state index contributed by atoms with van der Waals surface area (Å²) in [5.41, 5.74) is 3.35. The summed E-state index contributed by atoms with van der Waals surface area (Å²) in [4.78, 5) is 34.0. The molecule has 5 nitrogen and oxygen atoms in total. The normalized spacial score (nSPS) is 15.6. The van der Waals surface area contributed by atoms with Gasteiger partial charge in [0.25, 0.3) is 5.91 Å². The third-order valence-electron chi connectivity index (χ3n) is 6.21. The van der Waals surface area contributed by atoms with Crippen molar-refractivity contribution < 1.29 is 9.59 Å². The molecule has 1 aliphatic rings. The second kappa shape index (κ2) is 8.81. The van der Waals surface area contributed by atoms with E-state index in [0.717, 1.165) is 16.5 Å². The summed E-state index contributed by atoms with van der Waals surface area (Å²) in [7, 11) is 0. The predicted molar refractivity (Wildman–Crippen MR) is 126 cm³/mol. The van der Waals surface area contributed by atoms with Gasteiger partial charge in [-0.1, -0.05) is 66.7 Å². The number of Topliss-reactive ketones (excluding diaryl/α,β-unsaturated/α-hetero) is 1. The number of H-pyrrole nitrogens is 1. The van der Waals surface area contributed by atoms with Crippen LogP contribution in [0.4, 0.5) is 0 Å². The van der Waals surface area contributed by atoms with Crippen molar-refractivity contribution in [1.29, 1.82) is 0 Å². The van der Waals surface area contributed by atoms with Crippen LogP contribution in [0.25, 0.3) is 10.9 Å². The predicted octanol–water partition coefficient (Wildman–Crippen LogP) is 4.55. The van der Waals surface area contributed by atoms with Gasteiger partial charge in [0.05, 0.1) is 6.04 Å². The minimum Gasteiger partial charge on any atom is -0.360 e. The number of piperazine rings is 1. The Hall–Kier alpha value is -3.70. The largest absolute Gasteiger partial charge is 0.360 e. The Morgan fingerprint density at radius 3 is 2.09 bits per heavy atom. The molecule has 1 aromatic heterocycles. The van der Waals surface area contributed by atoms with E-state index >= 15 is 0 Å². The number of carbonyl (C=O) groups is 2. The van der Waals surface area contributed by atoms with Gasteiger partial charge in [-0.15, -0.1) is 0 Å². The van der Waals surface area contributed by atoms with Gasteiger partial charge in [0.2, 0.25) is 0 Å². The summed E-state index contributed by atoms with van der Waals surface area (Å²) in [6.07, 6.45) is 1.82. The van der Waals surface area contributed by atoms with Crippen LogP contribution in [0.2, 0.25) is 0 Å².